The highest BCUT2D eigenvalue weighted by molar-refractivity contribution is 5.77. The van der Waals surface area contributed by atoms with Gasteiger partial charge in [-0.05, 0) is 18.4 Å². The second-order valence-corrected chi connectivity index (χ2v) is 4.78. The third-order valence-electron chi connectivity index (χ3n) is 3.41. The van der Waals surface area contributed by atoms with Crippen molar-refractivity contribution in [3.05, 3.63) is 35.9 Å². The molecule has 2 rings (SSSR count). The van der Waals surface area contributed by atoms with Gasteiger partial charge in [-0.2, -0.15) is 5.26 Å². The zero-order valence-electron chi connectivity index (χ0n) is 11.0. The van der Waals surface area contributed by atoms with Gasteiger partial charge in [-0.1, -0.05) is 30.3 Å². The van der Waals surface area contributed by atoms with Crippen LogP contribution in [0.25, 0.3) is 0 Å². The maximum absolute atomic E-state index is 12.1. The molecule has 4 nitrogen and oxygen atoms in total. The minimum absolute atomic E-state index is 0.101. The van der Waals surface area contributed by atoms with Crippen molar-refractivity contribution < 1.29 is 4.79 Å². The number of aryl methyl sites for hydroxylation is 1. The fraction of sp³-hybridized carbons (Fsp3) is 0.467. The zero-order chi connectivity index (χ0) is 13.5. The number of nitrogens with one attached hydrogen (secondary N) is 1. The van der Waals surface area contributed by atoms with E-state index in [-0.39, 0.29) is 11.9 Å². The minimum Gasteiger partial charge on any atom is -0.324 e. The molecule has 1 amide bonds. The molecule has 100 valence electrons. The van der Waals surface area contributed by atoms with Crippen molar-refractivity contribution in [3.8, 4) is 6.07 Å². The van der Waals surface area contributed by atoms with Crippen molar-refractivity contribution in [3.63, 3.8) is 0 Å². The lowest BCUT2D eigenvalue weighted by molar-refractivity contribution is -0.133. The number of carbonyl (C=O) groups is 1. The van der Waals surface area contributed by atoms with Crippen LogP contribution in [0.3, 0.4) is 0 Å². The van der Waals surface area contributed by atoms with Gasteiger partial charge in [-0.15, -0.1) is 0 Å². The predicted molar refractivity (Wildman–Crippen MR) is 73.4 cm³/mol. The van der Waals surface area contributed by atoms with Gasteiger partial charge in [0.15, 0.2) is 0 Å². The molecule has 1 unspecified atom stereocenters. The second kappa shape index (κ2) is 6.91. The average Bonchev–Trinajstić information content (AvgIpc) is 2.48. The standard InChI is InChI=1S/C15H19N3O/c16-11-14-12-17-9-10-18(14)15(19)8-4-7-13-5-2-1-3-6-13/h1-3,5-6,14,17H,4,7-10,12H2. The number of hydrogen-bond donors (Lipinski definition) is 1. The van der Waals surface area contributed by atoms with E-state index >= 15 is 0 Å². The van der Waals surface area contributed by atoms with Gasteiger partial charge >= 0.3 is 0 Å². The lowest BCUT2D eigenvalue weighted by atomic mass is 10.1. The van der Waals surface area contributed by atoms with Crippen LogP contribution in [0, 0.1) is 11.3 Å². The molecule has 1 N–H and O–H groups in total. The number of rotatable bonds is 4. The first-order valence-electron chi connectivity index (χ1n) is 6.75. The van der Waals surface area contributed by atoms with Gasteiger partial charge in [-0.3, -0.25) is 4.79 Å². The molecule has 1 aromatic rings. The van der Waals surface area contributed by atoms with Gasteiger partial charge in [-0.25, -0.2) is 0 Å². The molecule has 1 saturated heterocycles. The van der Waals surface area contributed by atoms with Crippen molar-refractivity contribution in [2.24, 2.45) is 0 Å². The van der Waals surface area contributed by atoms with Crippen molar-refractivity contribution in [2.75, 3.05) is 19.6 Å². The highest BCUT2D eigenvalue weighted by Crippen LogP contribution is 2.09. The molecule has 1 aliphatic heterocycles. The Morgan fingerprint density at radius 2 is 2.21 bits per heavy atom. The Labute approximate surface area is 114 Å². The van der Waals surface area contributed by atoms with Crippen LogP contribution < -0.4 is 5.32 Å². The average molecular weight is 257 g/mol. The number of hydrogen-bond acceptors (Lipinski definition) is 3. The molecule has 1 aliphatic rings. The van der Waals surface area contributed by atoms with Crippen LogP contribution >= 0.6 is 0 Å². The summed E-state index contributed by atoms with van der Waals surface area (Å²) in [4.78, 5) is 13.8. The molecule has 1 fully saturated rings. The van der Waals surface area contributed by atoms with Crippen molar-refractivity contribution >= 4 is 5.91 Å². The van der Waals surface area contributed by atoms with Crippen LogP contribution in [0.15, 0.2) is 30.3 Å². The van der Waals surface area contributed by atoms with Gasteiger partial charge in [0, 0.05) is 26.1 Å². The number of amides is 1. The van der Waals surface area contributed by atoms with Crippen LogP contribution in [0.2, 0.25) is 0 Å². The fourth-order valence-electron chi connectivity index (χ4n) is 2.35. The Balaban J connectivity index is 1.79. The van der Waals surface area contributed by atoms with Crippen LogP contribution in [-0.4, -0.2) is 36.5 Å². The zero-order valence-corrected chi connectivity index (χ0v) is 11.0. The minimum atomic E-state index is -0.307. The van der Waals surface area contributed by atoms with Gasteiger partial charge in [0.25, 0.3) is 0 Å². The molecule has 4 heteroatoms. The summed E-state index contributed by atoms with van der Waals surface area (Å²) < 4.78 is 0. The van der Waals surface area contributed by atoms with E-state index in [1.807, 2.05) is 18.2 Å². The summed E-state index contributed by atoms with van der Waals surface area (Å²) in [5.41, 5.74) is 1.26. The molecular formula is C15H19N3O. The van der Waals surface area contributed by atoms with E-state index in [9.17, 15) is 4.79 Å². The van der Waals surface area contributed by atoms with Crippen LogP contribution in [0.5, 0.6) is 0 Å². The molecule has 0 spiro atoms. The smallest absolute Gasteiger partial charge is 0.223 e. The first-order valence-corrected chi connectivity index (χ1v) is 6.75. The van der Waals surface area contributed by atoms with Gasteiger partial charge in [0.05, 0.1) is 6.07 Å². The first-order chi connectivity index (χ1) is 9.31. The van der Waals surface area contributed by atoms with E-state index in [2.05, 4.69) is 23.5 Å². The maximum atomic E-state index is 12.1. The highest BCUT2D eigenvalue weighted by atomic mass is 16.2. The van der Waals surface area contributed by atoms with E-state index < -0.39 is 0 Å². The van der Waals surface area contributed by atoms with E-state index in [0.717, 1.165) is 19.4 Å². The lowest BCUT2D eigenvalue weighted by Gasteiger charge is -2.32. The van der Waals surface area contributed by atoms with E-state index in [1.54, 1.807) is 4.90 Å². The summed E-state index contributed by atoms with van der Waals surface area (Å²) in [5.74, 6) is 0.101. The Morgan fingerprint density at radius 1 is 1.42 bits per heavy atom. The summed E-state index contributed by atoms with van der Waals surface area (Å²) in [6, 6.07) is 12.1. The predicted octanol–water partition coefficient (Wildman–Crippen LogP) is 1.33. The fourth-order valence-corrected chi connectivity index (χ4v) is 2.35. The third-order valence-corrected chi connectivity index (χ3v) is 3.41. The van der Waals surface area contributed by atoms with Crippen LogP contribution in [0.1, 0.15) is 18.4 Å². The molecule has 0 bridgehead atoms. The van der Waals surface area contributed by atoms with Crippen LogP contribution in [0.4, 0.5) is 0 Å². The number of nitriles is 1. The summed E-state index contributed by atoms with van der Waals surface area (Å²) in [5, 5.41) is 12.2. The molecule has 19 heavy (non-hydrogen) atoms. The van der Waals surface area contributed by atoms with Crippen molar-refractivity contribution in [2.45, 2.75) is 25.3 Å². The summed E-state index contributed by atoms with van der Waals surface area (Å²) in [6.45, 7) is 2.01. The molecule has 0 aromatic heterocycles. The van der Waals surface area contributed by atoms with Gasteiger partial charge in [0.1, 0.15) is 6.04 Å². The largest absolute Gasteiger partial charge is 0.324 e. The molecule has 0 saturated carbocycles. The van der Waals surface area contributed by atoms with Crippen LogP contribution in [-0.2, 0) is 11.2 Å². The number of nitrogens with zero attached hydrogens (tertiary/aromatic N) is 2. The Morgan fingerprint density at radius 3 is 2.95 bits per heavy atom. The second-order valence-electron chi connectivity index (χ2n) is 4.78. The molecule has 1 atom stereocenters. The molecule has 1 aromatic carbocycles. The highest BCUT2D eigenvalue weighted by Gasteiger charge is 2.25. The maximum Gasteiger partial charge on any atom is 0.223 e. The Bertz CT molecular complexity index is 452. The molecule has 1 heterocycles. The van der Waals surface area contributed by atoms with Crippen molar-refractivity contribution in [1.29, 1.82) is 5.26 Å². The number of carbonyl (C=O) groups excluding carboxylic acids is 1. The normalized spacial score (nSPS) is 18.9. The summed E-state index contributed by atoms with van der Waals surface area (Å²) in [7, 11) is 0. The molecule has 0 aliphatic carbocycles. The SMILES string of the molecule is N#CC1CNCCN1C(=O)CCCc1ccccc1. The molecule has 0 radical (unpaired) electrons. The summed E-state index contributed by atoms with van der Waals surface area (Å²) in [6.07, 6.45) is 2.27. The first kappa shape index (κ1) is 13.6. The Hall–Kier alpha value is -1.86. The Kier molecular flexibility index (Phi) is 4.93. The summed E-state index contributed by atoms with van der Waals surface area (Å²) >= 11 is 0. The molecular weight excluding hydrogens is 238 g/mol. The quantitative estimate of drug-likeness (QED) is 0.885. The topological polar surface area (TPSA) is 56.1 Å². The number of benzene rings is 1. The van der Waals surface area contributed by atoms with Gasteiger partial charge < -0.3 is 10.2 Å². The van der Waals surface area contributed by atoms with Gasteiger partial charge in [0.2, 0.25) is 5.91 Å². The third kappa shape index (κ3) is 3.80. The monoisotopic (exact) mass is 257 g/mol. The van der Waals surface area contributed by atoms with Crippen molar-refractivity contribution in [1.82, 2.24) is 10.2 Å². The lowest BCUT2D eigenvalue weighted by Crippen LogP contribution is -2.52. The van der Waals surface area contributed by atoms with E-state index in [4.69, 9.17) is 5.26 Å². The number of piperazine rings is 1. The van der Waals surface area contributed by atoms with E-state index in [0.29, 0.717) is 19.5 Å². The van der Waals surface area contributed by atoms with E-state index in [1.165, 1.54) is 5.56 Å².